The Morgan fingerprint density at radius 3 is 2.38 bits per heavy atom. The number of thiazole rings is 1. The summed E-state index contributed by atoms with van der Waals surface area (Å²) in [6.45, 7) is 11.8. The van der Waals surface area contributed by atoms with Gasteiger partial charge in [-0.05, 0) is 38.5 Å². The lowest BCUT2D eigenvalue weighted by Crippen LogP contribution is -2.34. The fourth-order valence-electron chi connectivity index (χ4n) is 2.49. The van der Waals surface area contributed by atoms with Crippen molar-refractivity contribution in [3.8, 4) is 0 Å². The lowest BCUT2D eigenvalue weighted by molar-refractivity contribution is 0.437. The van der Waals surface area contributed by atoms with E-state index in [-0.39, 0.29) is 5.41 Å². The Morgan fingerprint density at radius 1 is 1.24 bits per heavy atom. The molecule has 114 valence electrons. The number of nitrogens with one attached hydrogen (secondary N) is 1. The first-order valence-electron chi connectivity index (χ1n) is 7.33. The van der Waals surface area contributed by atoms with Crippen LogP contribution >= 0.6 is 11.3 Å². The second-order valence-electron chi connectivity index (χ2n) is 6.29. The molecule has 21 heavy (non-hydrogen) atoms. The first-order valence-corrected chi connectivity index (χ1v) is 8.14. The molecule has 0 aliphatic heterocycles. The summed E-state index contributed by atoms with van der Waals surface area (Å²) >= 11 is 1.78. The highest BCUT2D eigenvalue weighted by Crippen LogP contribution is 2.27. The molecule has 0 radical (unpaired) electrons. The average Bonchev–Trinajstić information content (AvgIpc) is 2.76. The van der Waals surface area contributed by atoms with Gasteiger partial charge in [0.25, 0.3) is 0 Å². The Balaban J connectivity index is 2.04. The zero-order valence-corrected chi connectivity index (χ0v) is 14.3. The van der Waals surface area contributed by atoms with E-state index >= 15 is 0 Å². The summed E-state index contributed by atoms with van der Waals surface area (Å²) in [4.78, 5) is 5.84. The minimum Gasteiger partial charge on any atom is -0.399 e. The first kappa shape index (κ1) is 16.0. The number of anilines is 1. The summed E-state index contributed by atoms with van der Waals surface area (Å²) in [6.07, 6.45) is 0. The summed E-state index contributed by atoms with van der Waals surface area (Å²) < 4.78 is 0. The Morgan fingerprint density at radius 2 is 1.86 bits per heavy atom. The molecular formula is C17H25N3S. The minimum absolute atomic E-state index is 0.0651. The maximum absolute atomic E-state index is 5.77. The van der Waals surface area contributed by atoms with Crippen molar-refractivity contribution in [2.75, 3.05) is 12.3 Å². The van der Waals surface area contributed by atoms with Crippen molar-refractivity contribution in [1.29, 1.82) is 0 Å². The SMILES string of the molecule is Cc1nc(C)c(C(C)NCC(C)(C)c2ccc(N)cc2)s1. The van der Waals surface area contributed by atoms with E-state index in [1.54, 1.807) is 11.3 Å². The zero-order valence-electron chi connectivity index (χ0n) is 13.5. The van der Waals surface area contributed by atoms with Crippen LogP contribution in [0.2, 0.25) is 0 Å². The van der Waals surface area contributed by atoms with Crippen LogP contribution in [0.3, 0.4) is 0 Å². The van der Waals surface area contributed by atoms with Crippen LogP contribution in [0.4, 0.5) is 5.69 Å². The van der Waals surface area contributed by atoms with E-state index in [0.29, 0.717) is 6.04 Å². The van der Waals surface area contributed by atoms with Crippen molar-refractivity contribution < 1.29 is 0 Å². The molecule has 0 saturated heterocycles. The molecule has 3 nitrogen and oxygen atoms in total. The fraction of sp³-hybridized carbons (Fsp3) is 0.471. The van der Waals surface area contributed by atoms with Crippen molar-refractivity contribution in [2.45, 2.75) is 46.1 Å². The van der Waals surface area contributed by atoms with E-state index in [4.69, 9.17) is 5.73 Å². The molecule has 2 aromatic rings. The minimum atomic E-state index is 0.0651. The van der Waals surface area contributed by atoms with E-state index in [2.05, 4.69) is 57.1 Å². The average molecular weight is 303 g/mol. The van der Waals surface area contributed by atoms with Gasteiger partial charge in [-0.25, -0.2) is 4.98 Å². The molecule has 1 heterocycles. The molecule has 0 amide bonds. The third kappa shape index (κ3) is 3.83. The van der Waals surface area contributed by atoms with Crippen molar-refractivity contribution in [1.82, 2.24) is 10.3 Å². The third-order valence-electron chi connectivity index (χ3n) is 3.88. The molecule has 0 fully saturated rings. The molecule has 1 aromatic carbocycles. The molecule has 1 atom stereocenters. The van der Waals surface area contributed by atoms with Crippen molar-refractivity contribution >= 4 is 17.0 Å². The third-order valence-corrected chi connectivity index (χ3v) is 5.13. The van der Waals surface area contributed by atoms with Crippen LogP contribution in [-0.4, -0.2) is 11.5 Å². The second-order valence-corrected chi connectivity index (χ2v) is 7.53. The number of nitrogen functional groups attached to an aromatic ring is 1. The van der Waals surface area contributed by atoms with E-state index in [9.17, 15) is 0 Å². The molecule has 1 aromatic heterocycles. The van der Waals surface area contributed by atoms with Crippen LogP contribution in [0.25, 0.3) is 0 Å². The van der Waals surface area contributed by atoms with Crippen LogP contribution in [0.1, 0.15) is 48.0 Å². The van der Waals surface area contributed by atoms with Crippen LogP contribution in [0.5, 0.6) is 0 Å². The molecule has 0 aliphatic rings. The zero-order chi connectivity index (χ0) is 15.6. The highest BCUT2D eigenvalue weighted by atomic mass is 32.1. The van der Waals surface area contributed by atoms with Gasteiger partial charge in [-0.2, -0.15) is 0 Å². The second kappa shape index (κ2) is 6.16. The van der Waals surface area contributed by atoms with Gasteiger partial charge in [0.2, 0.25) is 0 Å². The lowest BCUT2D eigenvalue weighted by atomic mass is 9.84. The number of hydrogen-bond donors (Lipinski definition) is 2. The fourth-order valence-corrected chi connectivity index (χ4v) is 3.44. The standard InChI is InChI=1S/C17H25N3S/c1-11(16-12(2)20-13(3)21-16)19-10-17(4,5)14-6-8-15(18)9-7-14/h6-9,11,19H,10,18H2,1-5H3. The van der Waals surface area contributed by atoms with Gasteiger partial charge in [-0.3, -0.25) is 0 Å². The summed E-state index contributed by atoms with van der Waals surface area (Å²) in [5.74, 6) is 0. The van der Waals surface area contributed by atoms with E-state index in [1.165, 1.54) is 10.4 Å². The van der Waals surface area contributed by atoms with Crippen molar-refractivity contribution in [3.63, 3.8) is 0 Å². The normalized spacial score (nSPS) is 13.4. The van der Waals surface area contributed by atoms with Gasteiger partial charge in [0.15, 0.2) is 0 Å². The smallest absolute Gasteiger partial charge is 0.0900 e. The first-order chi connectivity index (χ1) is 9.79. The topological polar surface area (TPSA) is 50.9 Å². The van der Waals surface area contributed by atoms with Gasteiger partial charge in [0.05, 0.1) is 10.7 Å². The van der Waals surface area contributed by atoms with Crippen LogP contribution in [-0.2, 0) is 5.41 Å². The van der Waals surface area contributed by atoms with E-state index < -0.39 is 0 Å². The summed E-state index contributed by atoms with van der Waals surface area (Å²) in [7, 11) is 0. The molecule has 0 saturated carbocycles. The number of benzene rings is 1. The molecule has 1 unspecified atom stereocenters. The van der Waals surface area contributed by atoms with E-state index in [0.717, 1.165) is 22.9 Å². The molecule has 0 aliphatic carbocycles. The van der Waals surface area contributed by atoms with Crippen LogP contribution in [0.15, 0.2) is 24.3 Å². The molecule has 4 heteroatoms. The molecule has 3 N–H and O–H groups in total. The van der Waals surface area contributed by atoms with Crippen molar-refractivity contribution in [3.05, 3.63) is 45.4 Å². The largest absolute Gasteiger partial charge is 0.399 e. The number of nitrogens with zero attached hydrogens (tertiary/aromatic N) is 1. The number of hydrogen-bond acceptors (Lipinski definition) is 4. The monoisotopic (exact) mass is 303 g/mol. The highest BCUT2D eigenvalue weighted by molar-refractivity contribution is 7.11. The summed E-state index contributed by atoms with van der Waals surface area (Å²) in [6, 6.07) is 8.49. The maximum Gasteiger partial charge on any atom is 0.0900 e. The lowest BCUT2D eigenvalue weighted by Gasteiger charge is -2.28. The molecule has 0 bridgehead atoms. The quantitative estimate of drug-likeness (QED) is 0.822. The Hall–Kier alpha value is -1.39. The van der Waals surface area contributed by atoms with Gasteiger partial charge in [0, 0.05) is 28.6 Å². The van der Waals surface area contributed by atoms with Gasteiger partial charge >= 0.3 is 0 Å². The van der Waals surface area contributed by atoms with Gasteiger partial charge in [0.1, 0.15) is 0 Å². The van der Waals surface area contributed by atoms with Crippen LogP contribution in [0, 0.1) is 13.8 Å². The number of aryl methyl sites for hydroxylation is 2. The molecule has 0 spiro atoms. The summed E-state index contributed by atoms with van der Waals surface area (Å²) in [5, 5.41) is 4.78. The van der Waals surface area contributed by atoms with Crippen molar-refractivity contribution in [2.24, 2.45) is 0 Å². The Bertz CT molecular complexity index is 599. The van der Waals surface area contributed by atoms with E-state index in [1.807, 2.05) is 12.1 Å². The van der Waals surface area contributed by atoms with Gasteiger partial charge < -0.3 is 11.1 Å². The molecule has 2 rings (SSSR count). The number of nitrogens with two attached hydrogens (primary N) is 1. The Labute approximate surface area is 131 Å². The predicted molar refractivity (Wildman–Crippen MR) is 91.9 cm³/mol. The predicted octanol–water partition coefficient (Wildman–Crippen LogP) is 3.97. The maximum atomic E-state index is 5.77. The highest BCUT2D eigenvalue weighted by Gasteiger charge is 2.22. The Kier molecular flexibility index (Phi) is 4.69. The van der Waals surface area contributed by atoms with Crippen LogP contribution < -0.4 is 11.1 Å². The summed E-state index contributed by atoms with van der Waals surface area (Å²) in [5.41, 5.74) is 9.08. The number of aromatic nitrogens is 1. The molecular weight excluding hydrogens is 278 g/mol. The van der Waals surface area contributed by atoms with Gasteiger partial charge in [-0.15, -0.1) is 11.3 Å². The van der Waals surface area contributed by atoms with Gasteiger partial charge in [-0.1, -0.05) is 26.0 Å². The number of rotatable bonds is 5.